The Balaban J connectivity index is 0.000000166. The molecule has 0 aromatic heterocycles. The molecule has 2 saturated heterocycles. The standard InChI is InChI=1S/C28H28F4O5S.C24H29F3O5S/c1-25-8-7-14(33)9-18(25)20(31)10-17-16-11-22-28(24(35)38-13-29,26(16,2)12-21(34)27(17,25)32)37-23(36-22)15-5-3-4-6-19(15)30;1-20(2)31-18-9-13-14-8-16(26)15-7-12(28)5-6-21(15,3)23(14,27)17(29)10-22(13,4)24(18,32-20)19(30)33-11-25/h3-9,16-17,20-23,34H,10-13H2,1-2H3;5-7,13-14,16-18,29H,8-11H2,1-4H3/t16-,17-,20-,21-,22+,23?,25-,26-,27-,28-;13-,14-,16-,17-,18+,21-,22-,23-,24-/m00/s1. The molecular formula is C52H57F7O10S2. The highest BCUT2D eigenvalue weighted by atomic mass is 32.2. The van der Waals surface area contributed by atoms with Gasteiger partial charge >= 0.3 is 0 Å². The molecular weight excluding hydrogens is 982 g/mol. The largest absolute Gasteiger partial charge is 0.390 e. The van der Waals surface area contributed by atoms with Crippen LogP contribution in [0.2, 0.25) is 0 Å². The maximum absolute atomic E-state index is 17.4. The minimum atomic E-state index is -2.34. The molecule has 1 aromatic carbocycles. The highest BCUT2D eigenvalue weighted by molar-refractivity contribution is 8.14. The quantitative estimate of drug-likeness (QED) is 0.272. The number of hydrogen-bond acceptors (Lipinski definition) is 12. The summed E-state index contributed by atoms with van der Waals surface area (Å²) in [6.45, 7) is 9.77. The van der Waals surface area contributed by atoms with E-state index in [1.807, 2.05) is 0 Å². The number of hydrogen-bond donors (Lipinski definition) is 2. The zero-order chi connectivity index (χ0) is 51.4. The molecule has 11 rings (SSSR count). The lowest BCUT2D eigenvalue weighted by Gasteiger charge is -2.63. The summed E-state index contributed by atoms with van der Waals surface area (Å²) < 4.78 is 132. The van der Waals surface area contributed by atoms with Crippen molar-refractivity contribution in [3.8, 4) is 0 Å². The van der Waals surface area contributed by atoms with Gasteiger partial charge in [-0.25, -0.2) is 30.7 Å². The average molecular weight is 1040 g/mol. The van der Waals surface area contributed by atoms with Gasteiger partial charge in [0.2, 0.25) is 10.2 Å². The molecule has 0 bridgehead atoms. The Kier molecular flexibility index (Phi) is 12.0. The summed E-state index contributed by atoms with van der Waals surface area (Å²) in [4.78, 5) is 50.9. The molecule has 0 radical (unpaired) electrons. The van der Waals surface area contributed by atoms with Gasteiger partial charge in [-0.2, -0.15) is 0 Å². The van der Waals surface area contributed by atoms with Gasteiger partial charge in [0.15, 0.2) is 46.2 Å². The molecule has 2 aliphatic heterocycles. The van der Waals surface area contributed by atoms with E-state index in [1.165, 1.54) is 56.4 Å². The highest BCUT2D eigenvalue weighted by Gasteiger charge is 2.82. The predicted molar refractivity (Wildman–Crippen MR) is 246 cm³/mol. The first-order valence-corrected chi connectivity index (χ1v) is 26.0. The summed E-state index contributed by atoms with van der Waals surface area (Å²) in [5, 5.41) is 21.7. The summed E-state index contributed by atoms with van der Waals surface area (Å²) in [6.07, 6.45) is -2.70. The molecule has 8 fully saturated rings. The van der Waals surface area contributed by atoms with Crippen molar-refractivity contribution in [3.05, 3.63) is 83.2 Å². The molecule has 1 unspecified atom stereocenters. The smallest absolute Gasteiger partial charge is 0.226 e. The van der Waals surface area contributed by atoms with E-state index in [0.29, 0.717) is 23.5 Å². The zero-order valence-corrected chi connectivity index (χ0v) is 41.5. The first-order chi connectivity index (χ1) is 33.2. The van der Waals surface area contributed by atoms with Gasteiger partial charge in [-0.15, -0.1) is 0 Å². The second kappa shape index (κ2) is 16.7. The number of rotatable bonds is 5. The zero-order valence-electron chi connectivity index (χ0n) is 39.9. The summed E-state index contributed by atoms with van der Waals surface area (Å²) >= 11 is 0.869. The van der Waals surface area contributed by atoms with E-state index in [0.717, 1.165) is 12.2 Å². The molecule has 8 aliphatic carbocycles. The van der Waals surface area contributed by atoms with Crippen LogP contribution in [-0.4, -0.2) is 109 Å². The first kappa shape index (κ1) is 51.3. The number of thioether (sulfide) groups is 2. The Bertz CT molecular complexity index is 2600. The second-order valence-electron chi connectivity index (χ2n) is 22.4. The van der Waals surface area contributed by atoms with Gasteiger partial charge in [0.25, 0.3) is 0 Å². The number of fused-ring (bicyclic) bond motifs is 14. The number of carbonyl (C=O) groups is 4. The summed E-state index contributed by atoms with van der Waals surface area (Å²) in [6, 6.07) is 3.78. The minimum Gasteiger partial charge on any atom is -0.390 e. The maximum atomic E-state index is 17.4. The van der Waals surface area contributed by atoms with Crippen molar-refractivity contribution >= 4 is 45.3 Å². The summed E-state index contributed by atoms with van der Waals surface area (Å²) in [7, 11) is 0. The topological polar surface area (TPSA) is 146 Å². The van der Waals surface area contributed by atoms with Crippen LogP contribution in [0, 0.1) is 51.1 Å². The van der Waals surface area contributed by atoms with Gasteiger partial charge in [-0.05, 0) is 120 Å². The molecule has 0 spiro atoms. The Labute approximate surface area is 415 Å². The SMILES string of the molecule is CC1(C)O[C@@H]2C[C@H]3[C@@H]4C[C@H](F)C5=CC(=O)C=C[C@]5(C)[C@@]4(F)[C@@H](O)C[C@]3(C)[C@]2(C(=O)SCF)O1.C[C@]12C=CC(=O)C=C1[C@@H](F)C[C@H]1[C@@H]3C[C@H]4OC(c5ccccc5F)O[C@@]4(C(=O)SCF)[C@@]3(C)C[C@H](O)[C@@]12F. The molecule has 386 valence electrons. The summed E-state index contributed by atoms with van der Waals surface area (Å²) in [5.41, 5.74) is -13.4. The van der Waals surface area contributed by atoms with Crippen molar-refractivity contribution in [2.45, 2.75) is 151 Å². The molecule has 10 aliphatic rings. The Morgan fingerprint density at radius 2 is 1.14 bits per heavy atom. The van der Waals surface area contributed by atoms with E-state index >= 15 is 17.6 Å². The average Bonchev–Trinajstić information content (AvgIpc) is 3.97. The molecule has 6 saturated carbocycles. The van der Waals surface area contributed by atoms with Crippen molar-refractivity contribution in [2.75, 3.05) is 12.0 Å². The third-order valence-electron chi connectivity index (χ3n) is 19.1. The number of carbonyl (C=O) groups excluding carboxylic acids is 4. The lowest BCUT2D eigenvalue weighted by atomic mass is 9.44. The van der Waals surface area contributed by atoms with E-state index in [2.05, 4.69) is 0 Å². The first-order valence-electron chi connectivity index (χ1n) is 24.1. The molecule has 10 nitrogen and oxygen atoms in total. The van der Waals surface area contributed by atoms with Crippen LogP contribution in [-0.2, 0) is 38.1 Å². The van der Waals surface area contributed by atoms with Gasteiger partial charge in [-0.1, -0.05) is 67.7 Å². The maximum Gasteiger partial charge on any atom is 0.226 e. The van der Waals surface area contributed by atoms with E-state index in [1.54, 1.807) is 33.8 Å². The van der Waals surface area contributed by atoms with Crippen LogP contribution in [0.1, 0.15) is 91.9 Å². The van der Waals surface area contributed by atoms with Gasteiger partial charge in [0.1, 0.15) is 30.2 Å². The molecule has 1 aromatic rings. The van der Waals surface area contributed by atoms with E-state index in [4.69, 9.17) is 18.9 Å². The van der Waals surface area contributed by atoms with Crippen LogP contribution in [0.15, 0.2) is 71.9 Å². The van der Waals surface area contributed by atoms with Crippen LogP contribution in [0.25, 0.3) is 0 Å². The van der Waals surface area contributed by atoms with E-state index in [9.17, 15) is 42.6 Å². The van der Waals surface area contributed by atoms with Crippen LogP contribution in [0.5, 0.6) is 0 Å². The second-order valence-corrected chi connectivity index (χ2v) is 24.2. The third-order valence-corrected chi connectivity index (χ3v) is 20.5. The number of benzene rings is 1. The molecule has 19 atom stereocenters. The third kappa shape index (κ3) is 6.50. The number of ketones is 2. The number of allylic oxidation sites excluding steroid dienone is 8. The van der Waals surface area contributed by atoms with Gasteiger partial charge in [0.05, 0.1) is 24.4 Å². The minimum absolute atomic E-state index is 0.00418. The number of alkyl halides is 6. The lowest BCUT2D eigenvalue weighted by molar-refractivity contribution is -0.246. The van der Waals surface area contributed by atoms with Crippen LogP contribution in [0.4, 0.5) is 30.7 Å². The van der Waals surface area contributed by atoms with Crippen LogP contribution >= 0.6 is 23.5 Å². The summed E-state index contributed by atoms with van der Waals surface area (Å²) in [5.74, 6) is -5.84. The highest BCUT2D eigenvalue weighted by Crippen LogP contribution is 2.75. The van der Waals surface area contributed by atoms with E-state index < -0.39 is 156 Å². The molecule has 0 amide bonds. The number of halogens is 7. The van der Waals surface area contributed by atoms with Crippen LogP contribution in [0.3, 0.4) is 0 Å². The number of aliphatic hydroxyl groups excluding tert-OH is 2. The van der Waals surface area contributed by atoms with Gasteiger partial charge < -0.3 is 29.2 Å². The number of aliphatic hydroxyl groups is 2. The van der Waals surface area contributed by atoms with Crippen molar-refractivity contribution < 1.29 is 79.1 Å². The fraction of sp³-hybridized carbons (Fsp3) is 0.654. The Morgan fingerprint density at radius 3 is 1.63 bits per heavy atom. The molecule has 71 heavy (non-hydrogen) atoms. The molecule has 2 heterocycles. The molecule has 19 heteroatoms. The fourth-order valence-electron chi connectivity index (χ4n) is 16.1. The number of ether oxygens (including phenoxy) is 4. The monoisotopic (exact) mass is 1040 g/mol. The normalized spacial score (nSPS) is 49.4. The Morgan fingerprint density at radius 1 is 0.676 bits per heavy atom. The van der Waals surface area contributed by atoms with Gasteiger partial charge in [0, 0.05) is 39.1 Å². The Hall–Kier alpha value is -3.17. The van der Waals surface area contributed by atoms with Crippen molar-refractivity contribution in [1.82, 2.24) is 0 Å². The van der Waals surface area contributed by atoms with Gasteiger partial charge in [-0.3, -0.25) is 19.2 Å². The lowest BCUT2D eigenvalue weighted by Crippen LogP contribution is -2.70. The predicted octanol–water partition coefficient (Wildman–Crippen LogP) is 9.09. The van der Waals surface area contributed by atoms with Crippen LogP contribution < -0.4 is 0 Å². The van der Waals surface area contributed by atoms with Crippen molar-refractivity contribution in [3.63, 3.8) is 0 Å². The van der Waals surface area contributed by atoms with E-state index in [-0.39, 0.29) is 55.2 Å². The molecule has 2 N–H and O–H groups in total. The van der Waals surface area contributed by atoms with Crippen molar-refractivity contribution in [2.24, 2.45) is 45.3 Å². The van der Waals surface area contributed by atoms with Crippen molar-refractivity contribution in [1.29, 1.82) is 0 Å². The fourth-order valence-corrected chi connectivity index (χ4v) is 17.5.